The number of ether oxygens (including phenoxy) is 1. The SMILES string of the molecule is Cc1cc2nccc(Oc3ccc(CC(=O)CC4CC4)c(Cl)c3)c2cc1C(=O)NCCCO. The summed E-state index contributed by atoms with van der Waals surface area (Å²) in [4.78, 5) is 29.2. The number of amides is 1. The summed E-state index contributed by atoms with van der Waals surface area (Å²) in [7, 11) is 0. The summed E-state index contributed by atoms with van der Waals surface area (Å²) in [6, 6.07) is 10.7. The molecule has 172 valence electrons. The minimum Gasteiger partial charge on any atom is -0.457 e. The molecule has 6 nitrogen and oxygen atoms in total. The van der Waals surface area contributed by atoms with Crippen LogP contribution >= 0.6 is 11.6 Å². The fraction of sp³-hybridized carbons (Fsp3) is 0.346. The van der Waals surface area contributed by atoms with Crippen molar-refractivity contribution in [3.05, 3.63) is 64.3 Å². The summed E-state index contributed by atoms with van der Waals surface area (Å²) in [5.41, 5.74) is 2.84. The van der Waals surface area contributed by atoms with Crippen molar-refractivity contribution in [1.82, 2.24) is 10.3 Å². The molecule has 1 aliphatic carbocycles. The molecule has 0 atom stereocenters. The first-order valence-corrected chi connectivity index (χ1v) is 11.6. The molecule has 0 saturated heterocycles. The van der Waals surface area contributed by atoms with Crippen LogP contribution in [-0.4, -0.2) is 34.9 Å². The molecule has 1 saturated carbocycles. The van der Waals surface area contributed by atoms with Crippen molar-refractivity contribution in [2.45, 2.75) is 39.0 Å². The molecular formula is C26H27ClN2O4. The van der Waals surface area contributed by atoms with E-state index in [9.17, 15) is 9.59 Å². The van der Waals surface area contributed by atoms with Crippen LogP contribution in [0.15, 0.2) is 42.6 Å². The van der Waals surface area contributed by atoms with Gasteiger partial charge in [0.05, 0.1) is 5.52 Å². The number of Topliss-reactive ketones (excluding diaryl/α,β-unsaturated/α-hetero) is 1. The van der Waals surface area contributed by atoms with Crippen LogP contribution in [-0.2, 0) is 11.2 Å². The number of fused-ring (bicyclic) bond motifs is 1. The summed E-state index contributed by atoms with van der Waals surface area (Å²) >= 11 is 6.44. The lowest BCUT2D eigenvalue weighted by Gasteiger charge is -2.13. The van der Waals surface area contributed by atoms with Crippen molar-refractivity contribution in [2.24, 2.45) is 5.92 Å². The van der Waals surface area contributed by atoms with Gasteiger partial charge < -0.3 is 15.2 Å². The number of aryl methyl sites for hydroxylation is 1. The normalized spacial score (nSPS) is 13.2. The molecule has 2 N–H and O–H groups in total. The van der Waals surface area contributed by atoms with Gasteiger partial charge in [0.15, 0.2) is 0 Å². The Morgan fingerprint density at radius 3 is 2.76 bits per heavy atom. The summed E-state index contributed by atoms with van der Waals surface area (Å²) in [6.07, 6.45) is 5.42. The predicted molar refractivity (Wildman–Crippen MR) is 128 cm³/mol. The van der Waals surface area contributed by atoms with Crippen molar-refractivity contribution < 1.29 is 19.4 Å². The molecule has 0 bridgehead atoms. The minimum absolute atomic E-state index is 0.0227. The van der Waals surface area contributed by atoms with E-state index < -0.39 is 0 Å². The smallest absolute Gasteiger partial charge is 0.251 e. The van der Waals surface area contributed by atoms with Crippen LogP contribution in [0, 0.1) is 12.8 Å². The van der Waals surface area contributed by atoms with Crippen molar-refractivity contribution in [2.75, 3.05) is 13.2 Å². The summed E-state index contributed by atoms with van der Waals surface area (Å²) in [5, 5.41) is 12.9. The lowest BCUT2D eigenvalue weighted by molar-refractivity contribution is -0.118. The molecule has 0 aliphatic heterocycles. The maximum atomic E-state index is 12.6. The Kier molecular flexibility index (Phi) is 7.26. The maximum Gasteiger partial charge on any atom is 0.251 e. The van der Waals surface area contributed by atoms with Crippen LogP contribution in [0.1, 0.15) is 47.2 Å². The average molecular weight is 467 g/mol. The zero-order valence-electron chi connectivity index (χ0n) is 18.6. The molecule has 1 amide bonds. The number of aliphatic hydroxyl groups is 1. The number of hydrogen-bond donors (Lipinski definition) is 2. The fourth-order valence-corrected chi connectivity index (χ4v) is 4.01. The summed E-state index contributed by atoms with van der Waals surface area (Å²) in [6.45, 7) is 2.28. The Morgan fingerprint density at radius 1 is 1.21 bits per heavy atom. The molecule has 1 aromatic heterocycles. The zero-order chi connectivity index (χ0) is 23.4. The Bertz CT molecular complexity index is 1190. The van der Waals surface area contributed by atoms with Crippen molar-refractivity contribution in [1.29, 1.82) is 0 Å². The molecule has 7 heteroatoms. The largest absolute Gasteiger partial charge is 0.457 e. The lowest BCUT2D eigenvalue weighted by atomic mass is 10.0. The number of pyridine rings is 1. The number of aliphatic hydroxyl groups excluding tert-OH is 1. The third-order valence-corrected chi connectivity index (χ3v) is 6.12. The second kappa shape index (κ2) is 10.3. The van der Waals surface area contributed by atoms with E-state index in [2.05, 4.69) is 10.3 Å². The third-order valence-electron chi connectivity index (χ3n) is 5.77. The highest BCUT2D eigenvalue weighted by molar-refractivity contribution is 6.31. The number of nitrogens with one attached hydrogen (secondary N) is 1. The van der Waals surface area contributed by atoms with Crippen LogP contribution in [0.4, 0.5) is 0 Å². The molecule has 4 rings (SSSR count). The Hall–Kier alpha value is -2.96. The van der Waals surface area contributed by atoms with Gasteiger partial charge >= 0.3 is 0 Å². The molecule has 2 aromatic carbocycles. The van der Waals surface area contributed by atoms with E-state index in [1.807, 2.05) is 19.1 Å². The number of nitrogens with zero attached hydrogens (tertiary/aromatic N) is 1. The molecule has 1 aliphatic rings. The number of benzene rings is 2. The quantitative estimate of drug-likeness (QED) is 0.410. The fourth-order valence-electron chi connectivity index (χ4n) is 3.77. The van der Waals surface area contributed by atoms with Gasteiger partial charge in [0.2, 0.25) is 0 Å². The lowest BCUT2D eigenvalue weighted by Crippen LogP contribution is -2.25. The van der Waals surface area contributed by atoms with Crippen molar-refractivity contribution >= 4 is 34.2 Å². The van der Waals surface area contributed by atoms with Crippen molar-refractivity contribution in [3.63, 3.8) is 0 Å². The van der Waals surface area contributed by atoms with E-state index in [0.717, 1.165) is 24.0 Å². The number of halogens is 1. The molecule has 33 heavy (non-hydrogen) atoms. The van der Waals surface area contributed by atoms with Gasteiger partial charge in [-0.3, -0.25) is 14.6 Å². The highest BCUT2D eigenvalue weighted by Gasteiger charge is 2.24. The molecule has 0 spiro atoms. The molecule has 3 aromatic rings. The first kappa shape index (κ1) is 23.2. The first-order chi connectivity index (χ1) is 15.9. The number of ketones is 1. The van der Waals surface area contributed by atoms with Gasteiger partial charge in [-0.1, -0.05) is 17.7 Å². The van der Waals surface area contributed by atoms with Crippen LogP contribution in [0.5, 0.6) is 11.5 Å². The van der Waals surface area contributed by atoms with E-state index in [-0.39, 0.29) is 18.3 Å². The van der Waals surface area contributed by atoms with Gasteiger partial charge in [-0.05, 0) is 73.6 Å². The number of hydrogen-bond acceptors (Lipinski definition) is 5. The monoisotopic (exact) mass is 466 g/mol. The summed E-state index contributed by atoms with van der Waals surface area (Å²) < 4.78 is 6.11. The van der Waals surface area contributed by atoms with Crippen LogP contribution in [0.3, 0.4) is 0 Å². The molecule has 0 unspecified atom stereocenters. The number of carbonyl (C=O) groups is 2. The van der Waals surface area contributed by atoms with Gasteiger partial charge in [0, 0.05) is 48.2 Å². The van der Waals surface area contributed by atoms with Gasteiger partial charge in [-0.15, -0.1) is 0 Å². The standard InChI is InChI=1S/C26H27ClN2O4/c1-16-11-24-22(15-21(16)26(32)29-8-2-10-30)25(7-9-28-24)33-20-6-5-18(23(27)14-20)13-19(31)12-17-3-4-17/h5-7,9,11,14-15,17,30H,2-4,8,10,12-13H2,1H3,(H,29,32). The van der Waals surface area contributed by atoms with Crippen LogP contribution in [0.2, 0.25) is 5.02 Å². The van der Waals surface area contributed by atoms with E-state index in [0.29, 0.717) is 64.7 Å². The van der Waals surface area contributed by atoms with Gasteiger partial charge in [-0.2, -0.15) is 0 Å². The van der Waals surface area contributed by atoms with E-state index in [4.69, 9.17) is 21.4 Å². The van der Waals surface area contributed by atoms with Crippen LogP contribution in [0.25, 0.3) is 10.9 Å². The molecule has 1 heterocycles. The second-order valence-corrected chi connectivity index (χ2v) is 8.95. The maximum absolute atomic E-state index is 12.6. The minimum atomic E-state index is -0.207. The number of carbonyl (C=O) groups excluding carboxylic acids is 2. The van der Waals surface area contributed by atoms with Crippen molar-refractivity contribution in [3.8, 4) is 11.5 Å². The first-order valence-electron chi connectivity index (χ1n) is 11.2. The van der Waals surface area contributed by atoms with Gasteiger partial charge in [0.1, 0.15) is 17.3 Å². The van der Waals surface area contributed by atoms with E-state index >= 15 is 0 Å². The van der Waals surface area contributed by atoms with Crippen LogP contribution < -0.4 is 10.1 Å². The Labute approximate surface area is 197 Å². The molecule has 1 fully saturated rings. The predicted octanol–water partition coefficient (Wildman–Crippen LogP) is 5.01. The van der Waals surface area contributed by atoms with E-state index in [1.54, 1.807) is 30.5 Å². The van der Waals surface area contributed by atoms with Gasteiger partial charge in [-0.25, -0.2) is 0 Å². The highest BCUT2D eigenvalue weighted by atomic mass is 35.5. The number of aromatic nitrogens is 1. The highest BCUT2D eigenvalue weighted by Crippen LogP contribution is 2.35. The third kappa shape index (κ3) is 5.89. The Balaban J connectivity index is 1.55. The number of rotatable bonds is 10. The van der Waals surface area contributed by atoms with E-state index in [1.165, 1.54) is 0 Å². The Morgan fingerprint density at radius 2 is 2.03 bits per heavy atom. The molecular weight excluding hydrogens is 440 g/mol. The average Bonchev–Trinajstić information content (AvgIpc) is 3.59. The zero-order valence-corrected chi connectivity index (χ0v) is 19.3. The molecule has 0 radical (unpaired) electrons. The second-order valence-electron chi connectivity index (χ2n) is 8.54. The topological polar surface area (TPSA) is 88.5 Å². The summed E-state index contributed by atoms with van der Waals surface area (Å²) in [5.74, 6) is 1.66. The van der Waals surface area contributed by atoms with Gasteiger partial charge in [0.25, 0.3) is 5.91 Å².